The van der Waals surface area contributed by atoms with Crippen molar-refractivity contribution in [2.24, 2.45) is 0 Å². The van der Waals surface area contributed by atoms with E-state index in [1.165, 1.54) is 12.1 Å². The normalized spacial score (nSPS) is 14.2. The second kappa shape index (κ2) is 5.15. The molecule has 20 heavy (non-hydrogen) atoms. The average molecular weight is 318 g/mol. The molecule has 0 atom stereocenters. The lowest BCUT2D eigenvalue weighted by Crippen LogP contribution is -2.43. The van der Waals surface area contributed by atoms with Crippen LogP contribution in [0.25, 0.3) is 0 Å². The number of benzene rings is 1. The van der Waals surface area contributed by atoms with E-state index in [1.807, 2.05) is 0 Å². The van der Waals surface area contributed by atoms with Crippen molar-refractivity contribution < 1.29 is 16.8 Å². The van der Waals surface area contributed by atoms with Crippen molar-refractivity contribution in [3.8, 4) is 0 Å². The van der Waals surface area contributed by atoms with Gasteiger partial charge in [-0.1, -0.05) is 18.2 Å². The fourth-order valence-corrected chi connectivity index (χ4v) is 4.59. The second-order valence-corrected chi connectivity index (χ2v) is 11.5. The zero-order valence-corrected chi connectivity index (χ0v) is 14.2. The van der Waals surface area contributed by atoms with Gasteiger partial charge < -0.3 is 0 Å². The fraction of sp³-hybridized carbons (Fsp3) is 0.571. The first-order valence-electron chi connectivity index (χ1n) is 6.31. The first-order valence-corrected chi connectivity index (χ1v) is 9.68. The summed E-state index contributed by atoms with van der Waals surface area (Å²) >= 11 is 0. The number of hydrogen-bond acceptors (Lipinski definition) is 4. The monoisotopic (exact) mass is 318 g/mol. The Morgan fingerprint density at radius 3 is 1.70 bits per heavy atom. The first kappa shape index (κ1) is 17.2. The van der Waals surface area contributed by atoms with Gasteiger partial charge in [-0.25, -0.2) is 16.8 Å². The summed E-state index contributed by atoms with van der Waals surface area (Å²) in [6.45, 7) is 6.26. The average Bonchev–Trinajstić information content (AvgIpc) is 2.27. The van der Waals surface area contributed by atoms with Crippen LogP contribution in [-0.2, 0) is 19.7 Å². The highest BCUT2D eigenvalue weighted by atomic mass is 32.2. The molecule has 0 aliphatic carbocycles. The van der Waals surface area contributed by atoms with Crippen LogP contribution in [0.1, 0.15) is 34.1 Å². The largest absolute Gasteiger partial charge is 0.229 e. The molecule has 0 heterocycles. The van der Waals surface area contributed by atoms with Gasteiger partial charge in [0.15, 0.2) is 19.7 Å². The molecule has 1 rings (SSSR count). The van der Waals surface area contributed by atoms with Gasteiger partial charge in [0.2, 0.25) is 0 Å². The summed E-state index contributed by atoms with van der Waals surface area (Å²) in [6, 6.07) is 8.12. The molecule has 0 saturated carbocycles. The Bertz CT molecular complexity index is 669. The third-order valence-corrected chi connectivity index (χ3v) is 8.28. The van der Waals surface area contributed by atoms with Gasteiger partial charge in [-0.2, -0.15) is 0 Å². The van der Waals surface area contributed by atoms with E-state index in [0.717, 1.165) is 6.26 Å². The summed E-state index contributed by atoms with van der Waals surface area (Å²) in [5.74, 6) is 0. The maximum atomic E-state index is 12.7. The Labute approximate surface area is 122 Å². The molecule has 0 aromatic heterocycles. The highest BCUT2D eigenvalue weighted by molar-refractivity contribution is 7.93. The zero-order chi connectivity index (χ0) is 15.8. The topological polar surface area (TPSA) is 68.3 Å². The van der Waals surface area contributed by atoms with Crippen LogP contribution in [0.15, 0.2) is 35.2 Å². The van der Waals surface area contributed by atoms with Gasteiger partial charge in [0.05, 0.1) is 14.4 Å². The third kappa shape index (κ3) is 3.23. The highest BCUT2D eigenvalue weighted by Crippen LogP contribution is 2.35. The molecule has 1 aromatic carbocycles. The Kier molecular flexibility index (Phi) is 4.42. The van der Waals surface area contributed by atoms with Crippen LogP contribution >= 0.6 is 0 Å². The maximum absolute atomic E-state index is 12.7. The minimum atomic E-state index is -3.60. The number of hydrogen-bond donors (Lipinski definition) is 0. The van der Waals surface area contributed by atoms with Gasteiger partial charge in [0, 0.05) is 6.26 Å². The molecular formula is C14H22O4S2. The molecule has 0 saturated heterocycles. The van der Waals surface area contributed by atoms with Crippen LogP contribution in [0.2, 0.25) is 0 Å². The van der Waals surface area contributed by atoms with Gasteiger partial charge in [0.25, 0.3) is 0 Å². The van der Waals surface area contributed by atoms with Crippen LogP contribution in [0.3, 0.4) is 0 Å². The van der Waals surface area contributed by atoms with Gasteiger partial charge in [-0.05, 0) is 46.2 Å². The van der Waals surface area contributed by atoms with E-state index in [-0.39, 0.29) is 11.3 Å². The van der Waals surface area contributed by atoms with Gasteiger partial charge >= 0.3 is 0 Å². The predicted octanol–water partition coefficient (Wildman–Crippen LogP) is 2.45. The van der Waals surface area contributed by atoms with Crippen LogP contribution in [0.5, 0.6) is 0 Å². The lowest BCUT2D eigenvalue weighted by atomic mass is 9.99. The van der Waals surface area contributed by atoms with E-state index >= 15 is 0 Å². The highest BCUT2D eigenvalue weighted by Gasteiger charge is 2.44. The van der Waals surface area contributed by atoms with Crippen molar-refractivity contribution in [2.75, 3.05) is 6.26 Å². The Morgan fingerprint density at radius 1 is 0.850 bits per heavy atom. The molecule has 0 spiro atoms. The van der Waals surface area contributed by atoms with Crippen molar-refractivity contribution >= 4 is 19.7 Å². The number of rotatable bonds is 5. The molecule has 114 valence electrons. The number of sulfone groups is 2. The smallest absolute Gasteiger partial charge is 0.183 e. The summed E-state index contributed by atoms with van der Waals surface area (Å²) in [5, 5.41) is 0. The molecule has 0 radical (unpaired) electrons. The molecule has 0 aliphatic rings. The first-order chi connectivity index (χ1) is 8.81. The fourth-order valence-electron chi connectivity index (χ4n) is 2.17. The van der Waals surface area contributed by atoms with Crippen LogP contribution in [0, 0.1) is 0 Å². The van der Waals surface area contributed by atoms with E-state index in [1.54, 1.807) is 45.9 Å². The van der Waals surface area contributed by atoms with E-state index < -0.39 is 29.2 Å². The Hall–Kier alpha value is -0.880. The molecular weight excluding hydrogens is 296 g/mol. The van der Waals surface area contributed by atoms with E-state index in [2.05, 4.69) is 0 Å². The molecule has 0 N–H and O–H groups in total. The van der Waals surface area contributed by atoms with E-state index in [4.69, 9.17) is 0 Å². The van der Waals surface area contributed by atoms with Crippen molar-refractivity contribution in [1.29, 1.82) is 0 Å². The molecule has 0 aliphatic heterocycles. The molecule has 0 fully saturated rings. The summed E-state index contributed by atoms with van der Waals surface area (Å²) in [5.41, 5.74) is 0. The van der Waals surface area contributed by atoms with Crippen LogP contribution in [0.4, 0.5) is 0 Å². The van der Waals surface area contributed by atoms with E-state index in [9.17, 15) is 16.8 Å². The second-order valence-electron chi connectivity index (χ2n) is 6.28. The van der Waals surface area contributed by atoms with Crippen molar-refractivity contribution in [1.82, 2.24) is 0 Å². The zero-order valence-electron chi connectivity index (χ0n) is 12.5. The van der Waals surface area contributed by atoms with Crippen LogP contribution < -0.4 is 0 Å². The Balaban J connectivity index is 3.25. The molecule has 1 aromatic rings. The van der Waals surface area contributed by atoms with Crippen molar-refractivity contribution in [3.63, 3.8) is 0 Å². The minimum absolute atomic E-state index is 0.0378. The lowest BCUT2D eigenvalue weighted by molar-refractivity contribution is 0.463. The summed E-state index contributed by atoms with van der Waals surface area (Å²) in [4.78, 5) is 0.217. The SMILES string of the molecule is CC(C)(CC(C)(C)S(=O)(=O)c1ccccc1)S(C)(=O)=O. The third-order valence-electron chi connectivity index (χ3n) is 3.64. The Morgan fingerprint density at radius 2 is 1.30 bits per heavy atom. The van der Waals surface area contributed by atoms with Gasteiger partial charge in [-0.15, -0.1) is 0 Å². The predicted molar refractivity (Wildman–Crippen MR) is 81.2 cm³/mol. The van der Waals surface area contributed by atoms with Crippen LogP contribution in [-0.4, -0.2) is 32.6 Å². The maximum Gasteiger partial charge on any atom is 0.183 e. The van der Waals surface area contributed by atoms with E-state index in [0.29, 0.717) is 0 Å². The minimum Gasteiger partial charge on any atom is -0.229 e. The standard InChI is InChI=1S/C14H22O4S2/c1-13(2,19(5,15)16)11-14(3,4)20(17,18)12-9-7-6-8-10-12/h6-10H,11H2,1-5H3. The molecule has 0 bridgehead atoms. The molecule has 0 unspecified atom stereocenters. The summed E-state index contributed by atoms with van der Waals surface area (Å²) in [7, 11) is -6.94. The van der Waals surface area contributed by atoms with Crippen molar-refractivity contribution in [3.05, 3.63) is 30.3 Å². The molecule has 6 heteroatoms. The molecule has 0 amide bonds. The quantitative estimate of drug-likeness (QED) is 0.836. The summed E-state index contributed by atoms with van der Waals surface area (Å²) < 4.78 is 46.7. The summed E-state index contributed by atoms with van der Waals surface area (Å²) in [6.07, 6.45) is 1.17. The van der Waals surface area contributed by atoms with Crippen molar-refractivity contribution in [2.45, 2.75) is 48.5 Å². The lowest BCUT2D eigenvalue weighted by Gasteiger charge is -2.33. The molecule has 4 nitrogen and oxygen atoms in total. The van der Waals surface area contributed by atoms with Gasteiger partial charge in [0.1, 0.15) is 0 Å². The van der Waals surface area contributed by atoms with Gasteiger partial charge in [-0.3, -0.25) is 0 Å².